The van der Waals surface area contributed by atoms with Gasteiger partial charge in [0.05, 0.1) is 6.20 Å². The average molecular weight is 232 g/mol. The van der Waals surface area contributed by atoms with E-state index in [2.05, 4.69) is 9.97 Å². The quantitative estimate of drug-likeness (QED) is 0.882. The van der Waals surface area contributed by atoms with Gasteiger partial charge >= 0.3 is 0 Å². The highest BCUT2D eigenvalue weighted by molar-refractivity contribution is 5.32. The maximum absolute atomic E-state index is 13.0. The molecule has 2 aromatic rings. The van der Waals surface area contributed by atoms with Gasteiger partial charge in [0.25, 0.3) is 0 Å². The number of rotatable bonds is 3. The molecule has 4 heteroatoms. The van der Waals surface area contributed by atoms with Crippen molar-refractivity contribution in [1.29, 1.82) is 0 Å². The normalized spacial score (nSPS) is 12.4. The number of hydrogen-bond donors (Lipinski definition) is 1. The molecule has 0 aliphatic carbocycles. The molecule has 0 aliphatic rings. The number of aliphatic hydroxyl groups is 1. The summed E-state index contributed by atoms with van der Waals surface area (Å²) in [6, 6.07) is 3.03. The van der Waals surface area contributed by atoms with E-state index in [1.54, 1.807) is 18.5 Å². The van der Waals surface area contributed by atoms with Crippen LogP contribution < -0.4 is 0 Å². The lowest BCUT2D eigenvalue weighted by molar-refractivity contribution is 0.218. The molecular formula is C13H13FN2O. The van der Waals surface area contributed by atoms with Crippen LogP contribution in [0.15, 0.2) is 36.9 Å². The first-order chi connectivity index (χ1) is 8.22. The minimum atomic E-state index is -0.865. The van der Waals surface area contributed by atoms with Gasteiger partial charge < -0.3 is 5.11 Å². The molecule has 0 saturated heterocycles. The number of pyridine rings is 2. The zero-order valence-electron chi connectivity index (χ0n) is 9.47. The third-order valence-corrected chi connectivity index (χ3v) is 2.66. The first-order valence-corrected chi connectivity index (χ1v) is 5.43. The summed E-state index contributed by atoms with van der Waals surface area (Å²) in [4.78, 5) is 7.74. The maximum Gasteiger partial charge on any atom is 0.141 e. The van der Waals surface area contributed by atoms with Crippen LogP contribution in [0, 0.1) is 5.82 Å². The standard InChI is InChI=1S/C13H13FN2O/c1-2-9-6-15-4-3-12(9)13(17)10-5-11(14)8-16-7-10/h3-8,13,17H,2H2,1H3. The van der Waals surface area contributed by atoms with Gasteiger partial charge in [-0.3, -0.25) is 9.97 Å². The number of aromatic nitrogens is 2. The summed E-state index contributed by atoms with van der Waals surface area (Å²) >= 11 is 0. The van der Waals surface area contributed by atoms with Gasteiger partial charge in [0.1, 0.15) is 11.9 Å². The molecule has 0 saturated carbocycles. The zero-order valence-corrected chi connectivity index (χ0v) is 9.47. The summed E-state index contributed by atoms with van der Waals surface area (Å²) in [5, 5.41) is 10.2. The summed E-state index contributed by atoms with van der Waals surface area (Å²) in [5.41, 5.74) is 2.14. The second kappa shape index (κ2) is 5.01. The van der Waals surface area contributed by atoms with Crippen LogP contribution in [-0.2, 0) is 6.42 Å². The number of halogens is 1. The smallest absolute Gasteiger partial charge is 0.141 e. The van der Waals surface area contributed by atoms with E-state index in [1.807, 2.05) is 6.92 Å². The SMILES string of the molecule is CCc1cnccc1C(O)c1cncc(F)c1. The number of aryl methyl sites for hydroxylation is 1. The molecule has 2 aromatic heterocycles. The molecule has 1 N–H and O–H groups in total. The molecule has 0 aromatic carbocycles. The molecule has 2 heterocycles. The van der Waals surface area contributed by atoms with Gasteiger partial charge in [-0.25, -0.2) is 4.39 Å². The highest BCUT2D eigenvalue weighted by Crippen LogP contribution is 2.24. The van der Waals surface area contributed by atoms with Crippen LogP contribution in [0.3, 0.4) is 0 Å². The fourth-order valence-electron chi connectivity index (χ4n) is 1.76. The van der Waals surface area contributed by atoms with Crippen molar-refractivity contribution < 1.29 is 9.50 Å². The van der Waals surface area contributed by atoms with Gasteiger partial charge in [-0.2, -0.15) is 0 Å². The summed E-state index contributed by atoms with van der Waals surface area (Å²) in [7, 11) is 0. The molecule has 2 rings (SSSR count). The van der Waals surface area contributed by atoms with Crippen molar-refractivity contribution in [2.24, 2.45) is 0 Å². The molecule has 88 valence electrons. The van der Waals surface area contributed by atoms with Gasteiger partial charge in [0.2, 0.25) is 0 Å². The van der Waals surface area contributed by atoms with Gasteiger partial charge in [0.15, 0.2) is 0 Å². The first-order valence-electron chi connectivity index (χ1n) is 5.43. The summed E-state index contributed by atoms with van der Waals surface area (Å²) < 4.78 is 13.0. The molecule has 3 nitrogen and oxygen atoms in total. The molecule has 0 bridgehead atoms. The van der Waals surface area contributed by atoms with E-state index in [0.717, 1.165) is 23.7 Å². The predicted octanol–water partition coefficient (Wildman–Crippen LogP) is 2.26. The summed E-state index contributed by atoms with van der Waals surface area (Å²) in [6.45, 7) is 1.98. The minimum Gasteiger partial charge on any atom is -0.384 e. The fraction of sp³-hybridized carbons (Fsp3) is 0.231. The van der Waals surface area contributed by atoms with E-state index in [0.29, 0.717) is 5.56 Å². The van der Waals surface area contributed by atoms with E-state index in [9.17, 15) is 9.50 Å². The van der Waals surface area contributed by atoms with Crippen LogP contribution in [0.2, 0.25) is 0 Å². The Hall–Kier alpha value is -1.81. The molecule has 0 radical (unpaired) electrons. The Morgan fingerprint density at radius 3 is 2.82 bits per heavy atom. The Balaban J connectivity index is 2.40. The van der Waals surface area contributed by atoms with Crippen LogP contribution in [0.4, 0.5) is 4.39 Å². The zero-order chi connectivity index (χ0) is 12.3. The van der Waals surface area contributed by atoms with Crippen molar-refractivity contribution >= 4 is 0 Å². The average Bonchev–Trinajstić information content (AvgIpc) is 2.38. The Morgan fingerprint density at radius 1 is 1.29 bits per heavy atom. The van der Waals surface area contributed by atoms with Crippen molar-refractivity contribution in [2.45, 2.75) is 19.4 Å². The Kier molecular flexibility index (Phi) is 3.44. The van der Waals surface area contributed by atoms with E-state index in [4.69, 9.17) is 0 Å². The van der Waals surface area contributed by atoms with Crippen LogP contribution in [0.5, 0.6) is 0 Å². The van der Waals surface area contributed by atoms with Crippen molar-refractivity contribution in [1.82, 2.24) is 9.97 Å². The van der Waals surface area contributed by atoms with Crippen molar-refractivity contribution in [3.8, 4) is 0 Å². The predicted molar refractivity (Wildman–Crippen MR) is 61.9 cm³/mol. The maximum atomic E-state index is 13.0. The minimum absolute atomic E-state index is 0.450. The van der Waals surface area contributed by atoms with Crippen molar-refractivity contribution in [3.05, 3.63) is 59.4 Å². The van der Waals surface area contributed by atoms with Crippen LogP contribution >= 0.6 is 0 Å². The van der Waals surface area contributed by atoms with E-state index in [-0.39, 0.29) is 0 Å². The van der Waals surface area contributed by atoms with E-state index < -0.39 is 11.9 Å². The Labute approximate surface area is 99.0 Å². The molecular weight excluding hydrogens is 219 g/mol. The largest absolute Gasteiger partial charge is 0.384 e. The molecule has 17 heavy (non-hydrogen) atoms. The highest BCUT2D eigenvalue weighted by atomic mass is 19.1. The third-order valence-electron chi connectivity index (χ3n) is 2.66. The van der Waals surface area contributed by atoms with Crippen molar-refractivity contribution in [2.75, 3.05) is 0 Å². The van der Waals surface area contributed by atoms with Crippen LogP contribution in [0.25, 0.3) is 0 Å². The first kappa shape index (κ1) is 11.7. The lowest BCUT2D eigenvalue weighted by Gasteiger charge is -2.14. The van der Waals surface area contributed by atoms with E-state index >= 15 is 0 Å². The van der Waals surface area contributed by atoms with Crippen molar-refractivity contribution in [3.63, 3.8) is 0 Å². The number of aliphatic hydroxyl groups excluding tert-OH is 1. The Bertz CT molecular complexity index is 516. The van der Waals surface area contributed by atoms with Crippen LogP contribution in [-0.4, -0.2) is 15.1 Å². The second-order valence-corrected chi connectivity index (χ2v) is 3.77. The lowest BCUT2D eigenvalue weighted by atomic mass is 9.98. The number of nitrogens with zero attached hydrogens (tertiary/aromatic N) is 2. The van der Waals surface area contributed by atoms with Gasteiger partial charge in [0, 0.05) is 24.2 Å². The highest BCUT2D eigenvalue weighted by Gasteiger charge is 2.14. The number of hydrogen-bond acceptors (Lipinski definition) is 3. The van der Waals surface area contributed by atoms with Gasteiger partial charge in [-0.05, 0) is 29.7 Å². The molecule has 1 unspecified atom stereocenters. The van der Waals surface area contributed by atoms with Gasteiger partial charge in [-0.15, -0.1) is 0 Å². The third kappa shape index (κ3) is 2.47. The monoisotopic (exact) mass is 232 g/mol. The van der Waals surface area contributed by atoms with Crippen LogP contribution in [0.1, 0.15) is 29.7 Å². The van der Waals surface area contributed by atoms with E-state index in [1.165, 1.54) is 12.3 Å². The molecule has 1 atom stereocenters. The molecule has 0 spiro atoms. The summed E-state index contributed by atoms with van der Waals surface area (Å²) in [5.74, 6) is -0.450. The topological polar surface area (TPSA) is 46.0 Å². The Morgan fingerprint density at radius 2 is 2.12 bits per heavy atom. The fourth-order valence-corrected chi connectivity index (χ4v) is 1.76. The lowest BCUT2D eigenvalue weighted by Crippen LogP contribution is -2.04. The molecule has 0 amide bonds. The molecule has 0 fully saturated rings. The van der Waals surface area contributed by atoms with Gasteiger partial charge in [-0.1, -0.05) is 6.92 Å². The second-order valence-electron chi connectivity index (χ2n) is 3.77. The summed E-state index contributed by atoms with van der Waals surface area (Å²) in [6.07, 6.45) is 5.81. The molecule has 0 aliphatic heterocycles.